The molecule has 0 N–H and O–H groups in total. The first-order valence-electron chi connectivity index (χ1n) is 9.44. The fraction of sp³-hybridized carbons (Fsp3) is 0.286. The summed E-state index contributed by atoms with van der Waals surface area (Å²) in [4.78, 5) is 20.7. The fourth-order valence-electron chi connectivity index (χ4n) is 3.47. The third kappa shape index (κ3) is 3.80. The highest BCUT2D eigenvalue weighted by Gasteiger charge is 2.28. The number of hydrogen-bond acceptors (Lipinski definition) is 6. The second kappa shape index (κ2) is 8.10. The monoisotopic (exact) mass is 388 g/mol. The second-order valence-corrected chi connectivity index (χ2v) is 6.87. The number of nitriles is 1. The van der Waals surface area contributed by atoms with Gasteiger partial charge in [-0.2, -0.15) is 20.3 Å². The Labute approximate surface area is 168 Å². The summed E-state index contributed by atoms with van der Waals surface area (Å²) in [6, 6.07) is 11.1. The van der Waals surface area contributed by atoms with Crippen LogP contribution < -0.4 is 4.74 Å². The Morgan fingerprint density at radius 2 is 2.00 bits per heavy atom. The molecule has 1 aromatic carbocycles. The maximum absolute atomic E-state index is 13.2. The van der Waals surface area contributed by atoms with Crippen molar-refractivity contribution in [3.05, 3.63) is 65.6 Å². The summed E-state index contributed by atoms with van der Waals surface area (Å²) in [5.74, 6) is 0.367. The first-order chi connectivity index (χ1) is 14.2. The quantitative estimate of drug-likeness (QED) is 0.681. The van der Waals surface area contributed by atoms with Gasteiger partial charge >= 0.3 is 0 Å². The summed E-state index contributed by atoms with van der Waals surface area (Å²) in [5, 5.41) is 17.5. The molecule has 0 radical (unpaired) electrons. The summed E-state index contributed by atoms with van der Waals surface area (Å²) in [7, 11) is 0. The van der Waals surface area contributed by atoms with E-state index in [1.807, 2.05) is 25.1 Å². The molecule has 1 fully saturated rings. The van der Waals surface area contributed by atoms with Gasteiger partial charge in [0, 0.05) is 18.3 Å². The van der Waals surface area contributed by atoms with Crippen LogP contribution in [0.1, 0.15) is 34.3 Å². The van der Waals surface area contributed by atoms with Gasteiger partial charge in [-0.05, 0) is 38.0 Å². The topological polar surface area (TPSA) is 96.9 Å². The molecule has 4 rings (SSSR count). The van der Waals surface area contributed by atoms with Gasteiger partial charge in [-0.15, -0.1) is 0 Å². The summed E-state index contributed by atoms with van der Waals surface area (Å²) < 4.78 is 6.06. The maximum atomic E-state index is 13.2. The van der Waals surface area contributed by atoms with Crippen molar-refractivity contribution >= 4 is 5.91 Å². The Morgan fingerprint density at radius 1 is 1.21 bits per heavy atom. The normalized spacial score (nSPS) is 16.3. The van der Waals surface area contributed by atoms with Crippen molar-refractivity contribution in [1.82, 2.24) is 24.9 Å². The summed E-state index contributed by atoms with van der Waals surface area (Å²) >= 11 is 0. The van der Waals surface area contributed by atoms with E-state index in [4.69, 9.17) is 4.74 Å². The third-order valence-corrected chi connectivity index (χ3v) is 4.99. The van der Waals surface area contributed by atoms with Gasteiger partial charge in [-0.3, -0.25) is 4.79 Å². The number of aromatic nitrogens is 4. The van der Waals surface area contributed by atoms with E-state index in [1.54, 1.807) is 35.6 Å². The van der Waals surface area contributed by atoms with Crippen molar-refractivity contribution < 1.29 is 9.53 Å². The molecule has 1 saturated heterocycles. The summed E-state index contributed by atoms with van der Waals surface area (Å²) in [5.41, 5.74) is 2.45. The van der Waals surface area contributed by atoms with Gasteiger partial charge in [0.15, 0.2) is 0 Å². The Morgan fingerprint density at radius 3 is 2.79 bits per heavy atom. The molecular formula is C21H20N6O2. The number of pyridine rings is 1. The summed E-state index contributed by atoms with van der Waals surface area (Å²) in [6.07, 6.45) is 6.20. The molecule has 1 unspecified atom stereocenters. The molecule has 1 aliphatic heterocycles. The number of amides is 1. The molecule has 0 aliphatic carbocycles. The Bertz CT molecular complexity index is 1060. The molecule has 0 bridgehead atoms. The first-order valence-corrected chi connectivity index (χ1v) is 9.44. The van der Waals surface area contributed by atoms with E-state index in [1.165, 1.54) is 4.80 Å². The number of rotatable bonds is 4. The lowest BCUT2D eigenvalue weighted by Gasteiger charge is -2.33. The Kier molecular flexibility index (Phi) is 5.20. The largest absolute Gasteiger partial charge is 0.472 e. The molecule has 1 amide bonds. The van der Waals surface area contributed by atoms with Gasteiger partial charge in [-0.1, -0.05) is 12.1 Å². The number of benzene rings is 1. The molecule has 0 saturated carbocycles. The van der Waals surface area contributed by atoms with Gasteiger partial charge in [0.05, 0.1) is 41.8 Å². The van der Waals surface area contributed by atoms with E-state index in [2.05, 4.69) is 21.3 Å². The van der Waals surface area contributed by atoms with Crippen molar-refractivity contribution in [2.24, 2.45) is 0 Å². The molecular weight excluding hydrogens is 368 g/mol. The van der Waals surface area contributed by atoms with Crippen LogP contribution >= 0.6 is 0 Å². The minimum Gasteiger partial charge on any atom is -0.472 e. The predicted octanol–water partition coefficient (Wildman–Crippen LogP) is 2.53. The molecule has 29 heavy (non-hydrogen) atoms. The zero-order valence-electron chi connectivity index (χ0n) is 16.0. The van der Waals surface area contributed by atoms with Gasteiger partial charge in [0.2, 0.25) is 5.88 Å². The molecule has 2 aromatic heterocycles. The van der Waals surface area contributed by atoms with Crippen LogP contribution in [0.4, 0.5) is 0 Å². The minimum absolute atomic E-state index is 0.0818. The minimum atomic E-state index is -0.178. The van der Waals surface area contributed by atoms with Crippen LogP contribution in [0.25, 0.3) is 5.69 Å². The van der Waals surface area contributed by atoms with Crippen LogP contribution in [0.15, 0.2) is 48.9 Å². The highest BCUT2D eigenvalue weighted by molar-refractivity contribution is 5.97. The van der Waals surface area contributed by atoms with E-state index in [-0.39, 0.29) is 12.0 Å². The van der Waals surface area contributed by atoms with E-state index < -0.39 is 0 Å². The van der Waals surface area contributed by atoms with Crippen molar-refractivity contribution in [1.29, 1.82) is 5.26 Å². The van der Waals surface area contributed by atoms with E-state index >= 15 is 0 Å². The standard InChI is InChI=1S/C21H20N6O2/c1-15-16(13-22)8-9-23-20(15)29-17-5-4-12-26(14-17)21(28)18-6-2-3-7-19(18)27-24-10-11-25-27/h2-3,6-11,17H,4-5,12,14H2,1H3. The highest BCUT2D eigenvalue weighted by Crippen LogP contribution is 2.24. The number of hydrogen-bond donors (Lipinski definition) is 0. The van der Waals surface area contributed by atoms with Crippen molar-refractivity contribution in [3.8, 4) is 17.6 Å². The average molecular weight is 388 g/mol. The molecule has 3 aromatic rings. The van der Waals surface area contributed by atoms with Gasteiger partial charge in [0.25, 0.3) is 5.91 Å². The number of carbonyl (C=O) groups excluding carboxylic acids is 1. The fourth-order valence-corrected chi connectivity index (χ4v) is 3.47. The van der Waals surface area contributed by atoms with Gasteiger partial charge in [0.1, 0.15) is 6.10 Å². The average Bonchev–Trinajstić information content (AvgIpc) is 3.30. The number of carbonyl (C=O) groups is 1. The molecule has 1 atom stereocenters. The van der Waals surface area contributed by atoms with Crippen molar-refractivity contribution in [3.63, 3.8) is 0 Å². The molecule has 8 nitrogen and oxygen atoms in total. The van der Waals surface area contributed by atoms with Crippen LogP contribution in [0.2, 0.25) is 0 Å². The lowest BCUT2D eigenvalue weighted by molar-refractivity contribution is 0.0526. The smallest absolute Gasteiger partial charge is 0.256 e. The lowest BCUT2D eigenvalue weighted by Crippen LogP contribution is -2.44. The van der Waals surface area contributed by atoms with Crippen LogP contribution in [-0.2, 0) is 0 Å². The highest BCUT2D eigenvalue weighted by atomic mass is 16.5. The number of nitrogens with zero attached hydrogens (tertiary/aromatic N) is 6. The SMILES string of the molecule is Cc1c(C#N)ccnc1OC1CCCN(C(=O)c2ccccc2-n2nccn2)C1. The van der Waals surface area contributed by atoms with Crippen LogP contribution in [0.3, 0.4) is 0 Å². The molecule has 146 valence electrons. The Hall–Kier alpha value is -3.73. The number of ether oxygens (including phenoxy) is 1. The zero-order valence-corrected chi connectivity index (χ0v) is 16.0. The molecule has 3 heterocycles. The molecule has 1 aliphatic rings. The Balaban J connectivity index is 1.53. The van der Waals surface area contributed by atoms with Gasteiger partial charge < -0.3 is 9.64 Å². The van der Waals surface area contributed by atoms with E-state index in [0.29, 0.717) is 41.3 Å². The number of piperidine rings is 1. The number of likely N-dealkylation sites (tertiary alicyclic amines) is 1. The number of para-hydroxylation sites is 1. The lowest BCUT2D eigenvalue weighted by atomic mass is 10.1. The second-order valence-electron chi connectivity index (χ2n) is 6.87. The molecule has 8 heteroatoms. The van der Waals surface area contributed by atoms with Crippen LogP contribution in [0, 0.1) is 18.3 Å². The van der Waals surface area contributed by atoms with Gasteiger partial charge in [-0.25, -0.2) is 4.98 Å². The van der Waals surface area contributed by atoms with Crippen LogP contribution in [0.5, 0.6) is 5.88 Å². The van der Waals surface area contributed by atoms with E-state index in [9.17, 15) is 10.1 Å². The predicted molar refractivity (Wildman–Crippen MR) is 105 cm³/mol. The van der Waals surface area contributed by atoms with E-state index in [0.717, 1.165) is 12.8 Å². The van der Waals surface area contributed by atoms with Crippen molar-refractivity contribution in [2.75, 3.05) is 13.1 Å². The molecule has 0 spiro atoms. The zero-order chi connectivity index (χ0) is 20.2. The summed E-state index contributed by atoms with van der Waals surface area (Å²) in [6.45, 7) is 2.93. The van der Waals surface area contributed by atoms with Crippen LogP contribution in [-0.4, -0.2) is 50.0 Å². The third-order valence-electron chi connectivity index (χ3n) is 4.99. The van der Waals surface area contributed by atoms with Crippen molar-refractivity contribution in [2.45, 2.75) is 25.9 Å². The maximum Gasteiger partial charge on any atom is 0.256 e. The first kappa shape index (κ1) is 18.6.